The highest BCUT2D eigenvalue weighted by Gasteiger charge is 2.06. The number of aryl methyl sites for hydroxylation is 2. The van der Waals surface area contributed by atoms with Crippen LogP contribution < -0.4 is 10.6 Å². The molecule has 0 atom stereocenters. The highest BCUT2D eigenvalue weighted by molar-refractivity contribution is 14.0. The van der Waals surface area contributed by atoms with E-state index in [1.165, 1.54) is 4.88 Å². The molecule has 7 nitrogen and oxygen atoms in total. The van der Waals surface area contributed by atoms with Gasteiger partial charge >= 0.3 is 0 Å². The van der Waals surface area contributed by atoms with Gasteiger partial charge in [-0.25, -0.2) is 9.98 Å². The number of nitrogens with zero attached hydrogens (tertiary/aromatic N) is 5. The second-order valence-electron chi connectivity index (χ2n) is 6.18. The molecule has 0 amide bonds. The van der Waals surface area contributed by atoms with Gasteiger partial charge in [-0.15, -0.1) is 56.8 Å². The molecular formula is C18H26IN7S2. The molecule has 0 aliphatic rings. The van der Waals surface area contributed by atoms with Gasteiger partial charge < -0.3 is 15.2 Å². The molecule has 0 radical (unpaired) electrons. The maximum absolute atomic E-state index is 4.68. The number of thiazole rings is 1. The quantitative estimate of drug-likeness (QED) is 0.265. The van der Waals surface area contributed by atoms with Crippen LogP contribution in [0.3, 0.4) is 0 Å². The number of halogens is 1. The maximum Gasteiger partial charge on any atom is 0.191 e. The Hall–Kier alpha value is -1.53. The van der Waals surface area contributed by atoms with Gasteiger partial charge in [0, 0.05) is 36.8 Å². The highest BCUT2D eigenvalue weighted by Crippen LogP contribution is 2.09. The fourth-order valence-corrected chi connectivity index (χ4v) is 3.86. The van der Waals surface area contributed by atoms with E-state index in [1.54, 1.807) is 22.7 Å². The number of guanidine groups is 1. The van der Waals surface area contributed by atoms with Crippen molar-refractivity contribution in [3.8, 4) is 0 Å². The summed E-state index contributed by atoms with van der Waals surface area (Å²) in [6, 6.07) is 4.24. The number of aliphatic imine (C=N–C) groups is 1. The molecule has 3 aromatic heterocycles. The van der Waals surface area contributed by atoms with Crippen molar-refractivity contribution in [2.75, 3.05) is 13.1 Å². The van der Waals surface area contributed by atoms with Crippen LogP contribution in [0.15, 0.2) is 27.9 Å². The second kappa shape index (κ2) is 11.5. The molecule has 10 heteroatoms. The van der Waals surface area contributed by atoms with Crippen molar-refractivity contribution in [2.45, 2.75) is 33.2 Å². The SMILES string of the molecule is Cc1nc(CCNC(=NCc2nnc(C)n2C)NCCc2cccs2)cs1.I. The standard InChI is InChI=1S/C18H25N7S2.HI/c1-13-23-24-17(25(13)3)11-21-18(20-9-7-16-5-4-10-26-16)19-8-6-15-12-27-14(2)22-15;/h4-5,10,12H,6-9,11H2,1-3H3,(H2,19,20,21);1H. The van der Waals surface area contributed by atoms with E-state index in [-0.39, 0.29) is 24.0 Å². The van der Waals surface area contributed by atoms with Crippen LogP contribution in [0.2, 0.25) is 0 Å². The topological polar surface area (TPSA) is 80.0 Å². The lowest BCUT2D eigenvalue weighted by Gasteiger charge is -2.12. The number of rotatable bonds is 8. The summed E-state index contributed by atoms with van der Waals surface area (Å²) in [5, 5.41) is 20.4. The minimum absolute atomic E-state index is 0. The Morgan fingerprint density at radius 2 is 1.93 bits per heavy atom. The van der Waals surface area contributed by atoms with Crippen molar-refractivity contribution in [1.82, 2.24) is 30.4 Å². The monoisotopic (exact) mass is 531 g/mol. The van der Waals surface area contributed by atoms with Crippen LogP contribution in [0.25, 0.3) is 0 Å². The Kier molecular flexibility index (Phi) is 9.32. The molecule has 0 bridgehead atoms. The molecule has 0 aliphatic heterocycles. The first-order valence-electron chi connectivity index (χ1n) is 8.92. The summed E-state index contributed by atoms with van der Waals surface area (Å²) in [6.45, 7) is 6.07. The highest BCUT2D eigenvalue weighted by atomic mass is 127. The molecule has 3 rings (SSSR count). The minimum Gasteiger partial charge on any atom is -0.356 e. The summed E-state index contributed by atoms with van der Waals surface area (Å²) in [4.78, 5) is 10.6. The lowest BCUT2D eigenvalue weighted by Crippen LogP contribution is -2.39. The fraction of sp³-hybridized carbons (Fsp3) is 0.444. The van der Waals surface area contributed by atoms with Crippen LogP contribution in [0.4, 0.5) is 0 Å². The Bertz CT molecular complexity index is 871. The van der Waals surface area contributed by atoms with E-state index in [1.807, 2.05) is 25.5 Å². The third-order valence-electron chi connectivity index (χ3n) is 4.15. The lowest BCUT2D eigenvalue weighted by atomic mass is 10.3. The molecule has 3 heterocycles. The van der Waals surface area contributed by atoms with Gasteiger partial charge in [-0.3, -0.25) is 0 Å². The average molecular weight is 531 g/mol. The van der Waals surface area contributed by atoms with Gasteiger partial charge in [0.1, 0.15) is 12.4 Å². The van der Waals surface area contributed by atoms with Gasteiger partial charge in [0.25, 0.3) is 0 Å². The molecule has 0 aromatic carbocycles. The van der Waals surface area contributed by atoms with Crippen LogP contribution in [0.1, 0.15) is 27.2 Å². The van der Waals surface area contributed by atoms with Crippen molar-refractivity contribution in [2.24, 2.45) is 12.0 Å². The van der Waals surface area contributed by atoms with Crippen LogP contribution in [-0.4, -0.2) is 38.8 Å². The number of hydrogen-bond acceptors (Lipinski definition) is 6. The molecular weight excluding hydrogens is 505 g/mol. The van der Waals surface area contributed by atoms with E-state index in [9.17, 15) is 0 Å². The summed E-state index contributed by atoms with van der Waals surface area (Å²) in [6.07, 6.45) is 1.85. The van der Waals surface area contributed by atoms with E-state index < -0.39 is 0 Å². The van der Waals surface area contributed by atoms with E-state index in [4.69, 9.17) is 0 Å². The van der Waals surface area contributed by atoms with E-state index in [0.717, 1.165) is 54.2 Å². The first-order valence-corrected chi connectivity index (χ1v) is 10.7. The molecule has 0 spiro atoms. The summed E-state index contributed by atoms with van der Waals surface area (Å²) in [5.41, 5.74) is 1.12. The third-order valence-corrected chi connectivity index (χ3v) is 5.90. The smallest absolute Gasteiger partial charge is 0.191 e. The summed E-state index contributed by atoms with van der Waals surface area (Å²) >= 11 is 3.46. The largest absolute Gasteiger partial charge is 0.356 e. The van der Waals surface area contributed by atoms with Gasteiger partial charge in [0.15, 0.2) is 11.8 Å². The van der Waals surface area contributed by atoms with Crippen LogP contribution in [0.5, 0.6) is 0 Å². The molecule has 0 saturated heterocycles. The molecule has 0 fully saturated rings. The minimum atomic E-state index is 0. The summed E-state index contributed by atoms with van der Waals surface area (Å²) < 4.78 is 1.96. The van der Waals surface area contributed by atoms with Crippen molar-refractivity contribution < 1.29 is 0 Å². The van der Waals surface area contributed by atoms with Crippen LogP contribution >= 0.6 is 46.7 Å². The van der Waals surface area contributed by atoms with E-state index in [0.29, 0.717) is 6.54 Å². The van der Waals surface area contributed by atoms with Crippen molar-refractivity contribution in [3.63, 3.8) is 0 Å². The second-order valence-corrected chi connectivity index (χ2v) is 8.27. The molecule has 3 aromatic rings. The average Bonchev–Trinajstić information content (AvgIpc) is 3.38. The molecule has 0 unspecified atom stereocenters. The van der Waals surface area contributed by atoms with E-state index in [2.05, 4.69) is 53.7 Å². The number of hydrogen-bond donors (Lipinski definition) is 2. The number of thiophene rings is 1. The van der Waals surface area contributed by atoms with Gasteiger partial charge in [0.2, 0.25) is 0 Å². The molecule has 0 saturated carbocycles. The Labute approximate surface area is 190 Å². The molecule has 2 N–H and O–H groups in total. The molecule has 0 aliphatic carbocycles. The van der Waals surface area contributed by atoms with Gasteiger partial charge in [0.05, 0.1) is 10.7 Å². The Morgan fingerprint density at radius 1 is 1.14 bits per heavy atom. The van der Waals surface area contributed by atoms with Crippen LogP contribution in [-0.2, 0) is 26.4 Å². The third kappa shape index (κ3) is 6.82. The fourth-order valence-electron chi connectivity index (χ4n) is 2.50. The lowest BCUT2D eigenvalue weighted by molar-refractivity contribution is 0.744. The Balaban J connectivity index is 0.00000280. The summed E-state index contributed by atoms with van der Waals surface area (Å²) in [7, 11) is 1.96. The van der Waals surface area contributed by atoms with Crippen LogP contribution in [0, 0.1) is 13.8 Å². The maximum atomic E-state index is 4.68. The zero-order valence-corrected chi connectivity index (χ0v) is 20.3. The number of aromatic nitrogens is 4. The Morgan fingerprint density at radius 3 is 2.54 bits per heavy atom. The first-order chi connectivity index (χ1) is 13.1. The normalized spacial score (nSPS) is 11.3. The van der Waals surface area contributed by atoms with Gasteiger partial charge in [-0.05, 0) is 31.7 Å². The zero-order chi connectivity index (χ0) is 19.1. The predicted octanol–water partition coefficient (Wildman–Crippen LogP) is 3.09. The van der Waals surface area contributed by atoms with Crippen molar-refractivity contribution >= 4 is 52.6 Å². The predicted molar refractivity (Wildman–Crippen MR) is 127 cm³/mol. The number of nitrogens with one attached hydrogen (secondary N) is 2. The van der Waals surface area contributed by atoms with Gasteiger partial charge in [-0.2, -0.15) is 0 Å². The van der Waals surface area contributed by atoms with E-state index >= 15 is 0 Å². The first kappa shape index (κ1) is 22.8. The zero-order valence-electron chi connectivity index (χ0n) is 16.3. The molecule has 152 valence electrons. The summed E-state index contributed by atoms with van der Waals surface area (Å²) in [5.74, 6) is 2.53. The van der Waals surface area contributed by atoms with Crippen molar-refractivity contribution in [3.05, 3.63) is 50.1 Å². The van der Waals surface area contributed by atoms with Gasteiger partial charge in [-0.1, -0.05) is 6.07 Å². The molecule has 28 heavy (non-hydrogen) atoms. The van der Waals surface area contributed by atoms with Crippen molar-refractivity contribution in [1.29, 1.82) is 0 Å².